The van der Waals surface area contributed by atoms with E-state index < -0.39 is 11.8 Å². The molecule has 0 aromatic rings. The number of allylic oxidation sites excluding steroid dienone is 1. The minimum atomic E-state index is -0.682. The lowest BCUT2D eigenvalue weighted by Crippen LogP contribution is -2.05. The van der Waals surface area contributed by atoms with Crippen molar-refractivity contribution in [3.63, 3.8) is 0 Å². The number of esters is 1. The fourth-order valence-corrected chi connectivity index (χ4v) is 1.87. The van der Waals surface area contributed by atoms with E-state index >= 15 is 0 Å². The first-order valence-electron chi connectivity index (χ1n) is 6.29. The molecule has 0 aliphatic carbocycles. The van der Waals surface area contributed by atoms with Crippen LogP contribution < -0.4 is 0 Å². The summed E-state index contributed by atoms with van der Waals surface area (Å²) in [4.78, 5) is 22.4. The number of carbonyl (C=O) groups excluding carboxylic acids is 2. The average molecular weight is 240 g/mol. The molecule has 0 bridgehead atoms. The number of unbranched alkanes of at least 4 members (excludes halogenated alkanes) is 5. The van der Waals surface area contributed by atoms with Crippen LogP contribution >= 0.6 is 0 Å². The van der Waals surface area contributed by atoms with Gasteiger partial charge in [-0.2, -0.15) is 0 Å². The number of ether oxygens (including phenoxy) is 1. The molecule has 0 spiro atoms. The van der Waals surface area contributed by atoms with Gasteiger partial charge >= 0.3 is 5.97 Å². The third kappa shape index (κ3) is 4.21. The van der Waals surface area contributed by atoms with E-state index in [2.05, 4.69) is 11.7 Å². The molecule has 0 unspecified atom stereocenters. The number of ketones is 1. The number of Topliss-reactive ketones (excluding diaryl/α,β-unsaturated/α-hetero) is 1. The Morgan fingerprint density at radius 1 is 1.18 bits per heavy atom. The highest BCUT2D eigenvalue weighted by atomic mass is 16.5. The van der Waals surface area contributed by atoms with Crippen LogP contribution in [0.25, 0.3) is 0 Å². The SMILES string of the molecule is CCCCCCCC/C(O)=C1/C(=O)COC1=O. The van der Waals surface area contributed by atoms with Crippen LogP contribution in [-0.4, -0.2) is 23.5 Å². The summed E-state index contributed by atoms with van der Waals surface area (Å²) in [5.41, 5.74) is -0.140. The molecule has 1 fully saturated rings. The van der Waals surface area contributed by atoms with Crippen molar-refractivity contribution >= 4 is 11.8 Å². The number of carbonyl (C=O) groups is 2. The standard InChI is InChI=1S/C13H20O4/c1-2-3-4-5-6-7-8-10(14)12-11(15)9-17-13(12)16/h14H,2-9H2,1H3/b12-10+. The van der Waals surface area contributed by atoms with Gasteiger partial charge in [0.15, 0.2) is 6.61 Å². The Balaban J connectivity index is 2.29. The molecule has 0 atom stereocenters. The van der Waals surface area contributed by atoms with Gasteiger partial charge in [-0.15, -0.1) is 0 Å². The predicted molar refractivity (Wildman–Crippen MR) is 63.6 cm³/mol. The van der Waals surface area contributed by atoms with E-state index in [0.29, 0.717) is 6.42 Å². The fourth-order valence-electron chi connectivity index (χ4n) is 1.87. The molecule has 0 amide bonds. The Morgan fingerprint density at radius 2 is 1.82 bits per heavy atom. The molecule has 1 saturated heterocycles. The highest BCUT2D eigenvalue weighted by Gasteiger charge is 2.31. The average Bonchev–Trinajstić information content (AvgIpc) is 2.63. The monoisotopic (exact) mass is 240 g/mol. The van der Waals surface area contributed by atoms with Crippen molar-refractivity contribution in [3.05, 3.63) is 11.3 Å². The van der Waals surface area contributed by atoms with E-state index in [1.165, 1.54) is 19.3 Å². The van der Waals surface area contributed by atoms with Crippen molar-refractivity contribution in [2.75, 3.05) is 6.61 Å². The maximum atomic E-state index is 11.2. The van der Waals surface area contributed by atoms with Crippen molar-refractivity contribution in [1.82, 2.24) is 0 Å². The fraction of sp³-hybridized carbons (Fsp3) is 0.692. The number of aliphatic hydroxyl groups excluding tert-OH is 1. The second kappa shape index (κ2) is 7.09. The van der Waals surface area contributed by atoms with E-state index in [4.69, 9.17) is 0 Å². The van der Waals surface area contributed by atoms with Gasteiger partial charge in [0, 0.05) is 6.42 Å². The Morgan fingerprint density at radius 3 is 2.41 bits per heavy atom. The smallest absolute Gasteiger partial charge is 0.345 e. The normalized spacial score (nSPS) is 18.4. The van der Waals surface area contributed by atoms with Crippen LogP contribution in [0.4, 0.5) is 0 Å². The summed E-state index contributed by atoms with van der Waals surface area (Å²) in [5, 5.41) is 9.65. The van der Waals surface area contributed by atoms with Gasteiger partial charge in [-0.1, -0.05) is 39.0 Å². The highest BCUT2D eigenvalue weighted by Crippen LogP contribution is 2.18. The zero-order chi connectivity index (χ0) is 12.7. The van der Waals surface area contributed by atoms with Crippen molar-refractivity contribution in [3.8, 4) is 0 Å². The first-order valence-corrected chi connectivity index (χ1v) is 6.29. The summed E-state index contributed by atoms with van der Waals surface area (Å²) in [6.07, 6.45) is 6.99. The molecule has 1 aliphatic rings. The number of rotatable bonds is 7. The number of hydrogen-bond acceptors (Lipinski definition) is 4. The van der Waals surface area contributed by atoms with Gasteiger partial charge < -0.3 is 9.84 Å². The first kappa shape index (κ1) is 13.7. The van der Waals surface area contributed by atoms with Gasteiger partial charge in [0.1, 0.15) is 11.3 Å². The second-order valence-electron chi connectivity index (χ2n) is 4.34. The van der Waals surface area contributed by atoms with Crippen molar-refractivity contribution < 1.29 is 19.4 Å². The molecule has 1 rings (SSSR count). The summed E-state index contributed by atoms with van der Waals surface area (Å²) in [6.45, 7) is 1.93. The molecule has 0 aromatic heterocycles. The van der Waals surface area contributed by atoms with Gasteiger partial charge in [-0.3, -0.25) is 4.79 Å². The van der Waals surface area contributed by atoms with Crippen LogP contribution in [0.2, 0.25) is 0 Å². The van der Waals surface area contributed by atoms with Crippen LogP contribution in [-0.2, 0) is 14.3 Å². The third-order valence-electron chi connectivity index (χ3n) is 2.87. The lowest BCUT2D eigenvalue weighted by molar-refractivity contribution is -0.135. The molecule has 0 radical (unpaired) electrons. The lowest BCUT2D eigenvalue weighted by Gasteiger charge is -2.02. The van der Waals surface area contributed by atoms with Gasteiger partial charge in [0.05, 0.1) is 0 Å². The summed E-state index contributed by atoms with van der Waals surface area (Å²) >= 11 is 0. The topological polar surface area (TPSA) is 63.6 Å². The lowest BCUT2D eigenvalue weighted by atomic mass is 10.1. The molecule has 4 heteroatoms. The number of aliphatic hydroxyl groups is 1. The molecule has 1 heterocycles. The van der Waals surface area contributed by atoms with E-state index in [1.54, 1.807) is 0 Å². The van der Waals surface area contributed by atoms with E-state index in [-0.39, 0.29) is 17.9 Å². The predicted octanol–water partition coefficient (Wildman–Crippen LogP) is 2.68. The van der Waals surface area contributed by atoms with E-state index in [0.717, 1.165) is 19.3 Å². The van der Waals surface area contributed by atoms with Crippen molar-refractivity contribution in [2.45, 2.75) is 51.9 Å². The number of cyclic esters (lactones) is 1. The Labute approximate surface area is 102 Å². The van der Waals surface area contributed by atoms with Crippen molar-refractivity contribution in [2.24, 2.45) is 0 Å². The summed E-state index contributed by atoms with van der Waals surface area (Å²) in [5.74, 6) is -1.19. The van der Waals surface area contributed by atoms with Crippen LogP contribution in [0.1, 0.15) is 51.9 Å². The van der Waals surface area contributed by atoms with Crippen LogP contribution in [0.5, 0.6) is 0 Å². The van der Waals surface area contributed by atoms with Crippen LogP contribution in [0.3, 0.4) is 0 Å². The third-order valence-corrected chi connectivity index (χ3v) is 2.87. The maximum absolute atomic E-state index is 11.2. The molecule has 1 N–H and O–H groups in total. The maximum Gasteiger partial charge on any atom is 0.345 e. The first-order chi connectivity index (χ1) is 8.16. The summed E-state index contributed by atoms with van der Waals surface area (Å²) in [7, 11) is 0. The van der Waals surface area contributed by atoms with E-state index in [9.17, 15) is 14.7 Å². The zero-order valence-electron chi connectivity index (χ0n) is 10.3. The molecule has 17 heavy (non-hydrogen) atoms. The zero-order valence-corrected chi connectivity index (χ0v) is 10.3. The second-order valence-corrected chi connectivity index (χ2v) is 4.34. The molecule has 96 valence electrons. The van der Waals surface area contributed by atoms with Gasteiger partial charge in [-0.25, -0.2) is 4.79 Å². The largest absolute Gasteiger partial charge is 0.511 e. The Kier molecular flexibility index (Phi) is 5.73. The quantitative estimate of drug-likeness (QED) is 0.244. The van der Waals surface area contributed by atoms with Crippen LogP contribution in [0.15, 0.2) is 11.3 Å². The minimum Gasteiger partial charge on any atom is -0.511 e. The Bertz CT molecular complexity index is 299. The highest BCUT2D eigenvalue weighted by molar-refractivity contribution is 6.22. The summed E-state index contributed by atoms with van der Waals surface area (Å²) in [6, 6.07) is 0. The number of hydrogen-bond donors (Lipinski definition) is 1. The Hall–Kier alpha value is -1.32. The van der Waals surface area contributed by atoms with Gasteiger partial charge in [0.25, 0.3) is 0 Å². The van der Waals surface area contributed by atoms with Gasteiger partial charge in [-0.05, 0) is 6.42 Å². The molecule has 1 aliphatic heterocycles. The molecule has 0 saturated carbocycles. The molecule has 4 nitrogen and oxygen atoms in total. The summed E-state index contributed by atoms with van der Waals surface area (Å²) < 4.78 is 4.55. The van der Waals surface area contributed by atoms with Gasteiger partial charge in [0.2, 0.25) is 5.78 Å². The van der Waals surface area contributed by atoms with E-state index in [1.807, 2.05) is 0 Å². The minimum absolute atomic E-state index is 0.104. The molecule has 0 aromatic carbocycles. The van der Waals surface area contributed by atoms with Crippen LogP contribution in [0, 0.1) is 0 Å². The molecular formula is C13H20O4. The van der Waals surface area contributed by atoms with Crippen molar-refractivity contribution in [1.29, 1.82) is 0 Å². The molecular weight excluding hydrogens is 220 g/mol.